The van der Waals surface area contributed by atoms with Gasteiger partial charge in [0.25, 0.3) is 5.91 Å². The predicted molar refractivity (Wildman–Crippen MR) is 117 cm³/mol. The van der Waals surface area contributed by atoms with Gasteiger partial charge in [-0.2, -0.15) is 0 Å². The topological polar surface area (TPSA) is 132 Å². The number of H-pyrrole nitrogens is 2. The standard InChI is InChI=1S/C22H17N5O4/c1-31-17-8-9-23-16(17)10-13-18-14(25-20(13)28)6-7-15-19(18)27-22(26-15)24-12-4-2-11(3-5-12)21(29)30/h2-10,23H,1H3,(H,25,28)(H,29,30)(H2,24,26,27)/b13-10-. The number of fused-ring (bicyclic) bond motifs is 3. The normalized spacial score (nSPS) is 14.0. The van der Waals surface area contributed by atoms with E-state index in [1.807, 2.05) is 12.1 Å². The molecule has 9 heteroatoms. The smallest absolute Gasteiger partial charge is 0.335 e. The molecule has 5 rings (SSSR count). The Hall–Kier alpha value is -4.53. The lowest BCUT2D eigenvalue weighted by Gasteiger charge is -2.02. The number of carbonyl (C=O) groups is 2. The van der Waals surface area contributed by atoms with Crippen LogP contribution >= 0.6 is 0 Å². The van der Waals surface area contributed by atoms with Crippen molar-refractivity contribution in [2.45, 2.75) is 0 Å². The number of rotatable bonds is 5. The first-order valence-corrected chi connectivity index (χ1v) is 9.41. The van der Waals surface area contributed by atoms with E-state index in [1.54, 1.807) is 37.6 Å². The summed E-state index contributed by atoms with van der Waals surface area (Å²) in [5.74, 6) is -0.0975. The summed E-state index contributed by atoms with van der Waals surface area (Å²) in [6.07, 6.45) is 3.48. The van der Waals surface area contributed by atoms with Crippen LogP contribution in [-0.4, -0.2) is 39.0 Å². The van der Waals surface area contributed by atoms with E-state index in [0.29, 0.717) is 45.4 Å². The number of aromatic nitrogens is 3. The molecular weight excluding hydrogens is 398 g/mol. The highest BCUT2D eigenvalue weighted by molar-refractivity contribution is 6.37. The van der Waals surface area contributed by atoms with E-state index < -0.39 is 5.97 Å². The van der Waals surface area contributed by atoms with Crippen molar-refractivity contribution in [3.63, 3.8) is 0 Å². The van der Waals surface area contributed by atoms with Gasteiger partial charge in [0.15, 0.2) is 0 Å². The molecule has 1 aliphatic heterocycles. The van der Waals surface area contributed by atoms with Crippen molar-refractivity contribution in [2.24, 2.45) is 0 Å². The van der Waals surface area contributed by atoms with Crippen molar-refractivity contribution in [3.8, 4) is 5.75 Å². The minimum absolute atomic E-state index is 0.201. The Kier molecular flexibility index (Phi) is 4.21. The molecule has 0 saturated heterocycles. The van der Waals surface area contributed by atoms with Crippen molar-refractivity contribution >= 4 is 51.9 Å². The molecule has 0 spiro atoms. The summed E-state index contributed by atoms with van der Waals surface area (Å²) in [6.45, 7) is 0. The number of anilines is 3. The molecule has 3 heterocycles. The van der Waals surface area contributed by atoms with Gasteiger partial charge in [-0.15, -0.1) is 0 Å². The lowest BCUT2D eigenvalue weighted by Crippen LogP contribution is -2.03. The molecule has 154 valence electrons. The molecule has 5 N–H and O–H groups in total. The molecule has 0 atom stereocenters. The van der Waals surface area contributed by atoms with Crippen LogP contribution in [0.4, 0.5) is 17.3 Å². The van der Waals surface area contributed by atoms with Crippen LogP contribution < -0.4 is 15.4 Å². The van der Waals surface area contributed by atoms with Crippen LogP contribution in [0.2, 0.25) is 0 Å². The fourth-order valence-corrected chi connectivity index (χ4v) is 3.59. The molecule has 1 aliphatic rings. The largest absolute Gasteiger partial charge is 0.495 e. The highest BCUT2D eigenvalue weighted by Gasteiger charge is 2.28. The van der Waals surface area contributed by atoms with Gasteiger partial charge in [0.2, 0.25) is 5.95 Å². The highest BCUT2D eigenvalue weighted by atomic mass is 16.5. The number of aromatic carboxylic acids is 1. The zero-order chi connectivity index (χ0) is 21.5. The molecule has 0 radical (unpaired) electrons. The molecule has 0 saturated carbocycles. The van der Waals surface area contributed by atoms with Gasteiger partial charge in [0.05, 0.1) is 35.1 Å². The zero-order valence-electron chi connectivity index (χ0n) is 16.3. The quantitative estimate of drug-likeness (QED) is 0.315. The first-order chi connectivity index (χ1) is 15.0. The van der Waals surface area contributed by atoms with Crippen LogP contribution in [0.15, 0.2) is 48.7 Å². The van der Waals surface area contributed by atoms with Gasteiger partial charge in [-0.25, -0.2) is 9.78 Å². The summed E-state index contributed by atoms with van der Waals surface area (Å²) in [5.41, 5.74) is 4.81. The molecule has 31 heavy (non-hydrogen) atoms. The lowest BCUT2D eigenvalue weighted by atomic mass is 10.0. The number of amides is 1. The summed E-state index contributed by atoms with van der Waals surface area (Å²) in [6, 6.07) is 11.8. The number of nitrogens with one attached hydrogen (secondary N) is 4. The first kappa shape index (κ1) is 18.5. The van der Waals surface area contributed by atoms with E-state index in [1.165, 1.54) is 12.1 Å². The Morgan fingerprint density at radius 1 is 1.16 bits per heavy atom. The molecule has 2 aromatic heterocycles. The monoisotopic (exact) mass is 415 g/mol. The molecular formula is C22H17N5O4. The Bertz CT molecular complexity index is 1360. The average molecular weight is 415 g/mol. The average Bonchev–Trinajstić information content (AvgIpc) is 3.45. The van der Waals surface area contributed by atoms with Crippen LogP contribution in [-0.2, 0) is 4.79 Å². The Balaban J connectivity index is 1.55. The summed E-state index contributed by atoms with van der Waals surface area (Å²) in [7, 11) is 1.57. The van der Waals surface area contributed by atoms with E-state index in [2.05, 4.69) is 25.6 Å². The summed E-state index contributed by atoms with van der Waals surface area (Å²) in [4.78, 5) is 34.6. The summed E-state index contributed by atoms with van der Waals surface area (Å²) in [5, 5.41) is 15.0. The third-order valence-electron chi connectivity index (χ3n) is 5.06. The molecule has 0 fully saturated rings. The Morgan fingerprint density at radius 2 is 1.97 bits per heavy atom. The van der Waals surface area contributed by atoms with Crippen LogP contribution in [0.1, 0.15) is 21.6 Å². The molecule has 0 bridgehead atoms. The van der Waals surface area contributed by atoms with Gasteiger partial charge in [-0.3, -0.25) is 4.79 Å². The SMILES string of the molecule is COc1cc[nH]c1/C=C1\C(=O)Nc2ccc3[nH]c(Nc4ccc(C(=O)O)cc4)nc3c21. The number of methoxy groups -OCH3 is 1. The number of aromatic amines is 2. The Labute approximate surface area is 175 Å². The van der Waals surface area contributed by atoms with E-state index in [9.17, 15) is 9.59 Å². The Morgan fingerprint density at radius 3 is 2.71 bits per heavy atom. The van der Waals surface area contributed by atoms with Gasteiger partial charge in [0, 0.05) is 17.4 Å². The van der Waals surface area contributed by atoms with E-state index in [4.69, 9.17) is 9.84 Å². The maximum atomic E-state index is 12.6. The second-order valence-corrected chi connectivity index (χ2v) is 6.95. The molecule has 0 unspecified atom stereocenters. The predicted octanol–water partition coefficient (Wildman–Crippen LogP) is 3.83. The van der Waals surface area contributed by atoms with Gasteiger partial charge in [-0.05, 0) is 48.5 Å². The van der Waals surface area contributed by atoms with Gasteiger partial charge in [-0.1, -0.05) is 0 Å². The number of carboxylic acids is 1. The van der Waals surface area contributed by atoms with Crippen molar-refractivity contribution in [3.05, 3.63) is 65.5 Å². The number of ether oxygens (including phenoxy) is 1. The first-order valence-electron chi connectivity index (χ1n) is 9.41. The third kappa shape index (κ3) is 3.18. The molecule has 4 aromatic rings. The maximum absolute atomic E-state index is 12.6. The van der Waals surface area contributed by atoms with Crippen molar-refractivity contribution < 1.29 is 19.4 Å². The van der Waals surface area contributed by atoms with Crippen molar-refractivity contribution in [2.75, 3.05) is 17.7 Å². The molecule has 1 amide bonds. The number of nitrogens with zero attached hydrogens (tertiary/aromatic N) is 1. The number of carbonyl (C=O) groups excluding carboxylic acids is 1. The van der Waals surface area contributed by atoms with Crippen LogP contribution in [0.3, 0.4) is 0 Å². The third-order valence-corrected chi connectivity index (χ3v) is 5.06. The minimum atomic E-state index is -0.985. The number of hydrogen-bond acceptors (Lipinski definition) is 5. The molecule has 0 aliphatic carbocycles. The van der Waals surface area contributed by atoms with Crippen molar-refractivity contribution in [1.29, 1.82) is 0 Å². The van der Waals surface area contributed by atoms with Crippen LogP contribution in [0.25, 0.3) is 22.7 Å². The zero-order valence-corrected chi connectivity index (χ0v) is 16.3. The van der Waals surface area contributed by atoms with Crippen LogP contribution in [0, 0.1) is 0 Å². The maximum Gasteiger partial charge on any atom is 0.335 e. The van der Waals surface area contributed by atoms with E-state index in [0.717, 1.165) is 5.52 Å². The van der Waals surface area contributed by atoms with Gasteiger partial charge >= 0.3 is 5.97 Å². The van der Waals surface area contributed by atoms with E-state index in [-0.39, 0.29) is 11.5 Å². The summed E-state index contributed by atoms with van der Waals surface area (Å²) >= 11 is 0. The second-order valence-electron chi connectivity index (χ2n) is 6.95. The van der Waals surface area contributed by atoms with Crippen LogP contribution in [0.5, 0.6) is 5.75 Å². The summed E-state index contributed by atoms with van der Waals surface area (Å²) < 4.78 is 5.32. The van der Waals surface area contributed by atoms with Gasteiger partial charge in [0.1, 0.15) is 11.3 Å². The van der Waals surface area contributed by atoms with Crippen molar-refractivity contribution in [1.82, 2.24) is 15.0 Å². The lowest BCUT2D eigenvalue weighted by molar-refractivity contribution is -0.110. The fourth-order valence-electron chi connectivity index (χ4n) is 3.59. The van der Waals surface area contributed by atoms with E-state index >= 15 is 0 Å². The number of hydrogen-bond donors (Lipinski definition) is 5. The fraction of sp³-hybridized carbons (Fsp3) is 0.0455. The number of benzene rings is 2. The second kappa shape index (κ2) is 7.06. The van der Waals surface area contributed by atoms with Gasteiger partial charge < -0.3 is 30.4 Å². The number of imidazole rings is 1. The molecule has 2 aromatic carbocycles. The highest BCUT2D eigenvalue weighted by Crippen LogP contribution is 2.39. The minimum Gasteiger partial charge on any atom is -0.495 e. The molecule has 9 nitrogen and oxygen atoms in total. The number of carboxylic acid groups (broad SMARTS) is 1.